The molecule has 1 aromatic rings. The molecule has 0 radical (unpaired) electrons. The Kier molecular flexibility index (Phi) is 4.57. The van der Waals surface area contributed by atoms with Crippen LogP contribution >= 0.6 is 11.1 Å². The fourth-order valence-corrected chi connectivity index (χ4v) is 6.94. The van der Waals surface area contributed by atoms with E-state index >= 15 is 0 Å². The van der Waals surface area contributed by atoms with Crippen molar-refractivity contribution in [3.8, 4) is 0 Å². The molecule has 0 amide bonds. The standard InChI is InChI=1S/C14H19ClSi/c1-12(2)10-16(15,11-13(3)4)14-8-6-5-7-9-14/h5-9H,1,3,10-11H2,2,4H3. The predicted molar refractivity (Wildman–Crippen MR) is 76.9 cm³/mol. The minimum absolute atomic E-state index is 0.922. The summed E-state index contributed by atoms with van der Waals surface area (Å²) in [6, 6.07) is 12.2. The minimum atomic E-state index is -1.98. The van der Waals surface area contributed by atoms with E-state index in [0.29, 0.717) is 0 Å². The van der Waals surface area contributed by atoms with Crippen molar-refractivity contribution in [2.75, 3.05) is 0 Å². The molecule has 0 aromatic heterocycles. The third-order valence-electron chi connectivity index (χ3n) is 2.46. The average Bonchev–Trinajstić information content (AvgIpc) is 2.16. The van der Waals surface area contributed by atoms with E-state index in [-0.39, 0.29) is 0 Å². The van der Waals surface area contributed by atoms with Gasteiger partial charge >= 0.3 is 0 Å². The molecule has 0 aliphatic carbocycles. The molecule has 0 spiro atoms. The lowest BCUT2D eigenvalue weighted by molar-refractivity contribution is 1.30. The Labute approximate surface area is 104 Å². The van der Waals surface area contributed by atoms with E-state index in [2.05, 4.69) is 37.4 Å². The van der Waals surface area contributed by atoms with E-state index in [1.807, 2.05) is 19.9 Å². The quantitative estimate of drug-likeness (QED) is 0.417. The van der Waals surface area contributed by atoms with E-state index in [1.54, 1.807) is 0 Å². The van der Waals surface area contributed by atoms with Crippen LogP contribution in [0.1, 0.15) is 13.8 Å². The highest BCUT2D eigenvalue weighted by molar-refractivity contribution is 7.27. The molecule has 0 N–H and O–H groups in total. The second kappa shape index (κ2) is 5.51. The average molecular weight is 251 g/mol. The summed E-state index contributed by atoms with van der Waals surface area (Å²) in [6.07, 6.45) is 0. The maximum Gasteiger partial charge on any atom is 0.194 e. The first kappa shape index (κ1) is 13.3. The van der Waals surface area contributed by atoms with Gasteiger partial charge < -0.3 is 0 Å². The van der Waals surface area contributed by atoms with Crippen LogP contribution in [0.2, 0.25) is 12.1 Å². The van der Waals surface area contributed by atoms with Gasteiger partial charge in [0.1, 0.15) is 0 Å². The van der Waals surface area contributed by atoms with Crippen LogP contribution in [0.25, 0.3) is 0 Å². The van der Waals surface area contributed by atoms with Gasteiger partial charge in [-0.3, -0.25) is 0 Å². The topological polar surface area (TPSA) is 0 Å². The van der Waals surface area contributed by atoms with Gasteiger partial charge in [-0.2, -0.15) is 11.1 Å². The van der Waals surface area contributed by atoms with E-state index < -0.39 is 7.38 Å². The van der Waals surface area contributed by atoms with Gasteiger partial charge in [-0.05, 0) is 31.1 Å². The van der Waals surface area contributed by atoms with Crippen molar-refractivity contribution in [3.63, 3.8) is 0 Å². The third-order valence-corrected chi connectivity index (χ3v) is 7.61. The highest BCUT2D eigenvalue weighted by Gasteiger charge is 2.32. The predicted octanol–water partition coefficient (Wildman–Crippen LogP) is 4.23. The highest BCUT2D eigenvalue weighted by Crippen LogP contribution is 2.27. The first-order valence-corrected chi connectivity index (χ1v) is 8.90. The van der Waals surface area contributed by atoms with Crippen molar-refractivity contribution in [3.05, 3.63) is 54.6 Å². The Morgan fingerprint density at radius 3 is 1.88 bits per heavy atom. The molecule has 1 rings (SSSR count). The second-order valence-electron chi connectivity index (χ2n) is 4.60. The Hall–Kier alpha value is -0.793. The summed E-state index contributed by atoms with van der Waals surface area (Å²) in [5.74, 6) is 0. The Balaban J connectivity index is 3.04. The SMILES string of the molecule is C=C(C)C[Si](Cl)(CC(=C)C)c1ccccc1. The molecule has 0 heterocycles. The summed E-state index contributed by atoms with van der Waals surface area (Å²) >= 11 is 6.87. The lowest BCUT2D eigenvalue weighted by atomic mass is 10.4. The molecule has 0 saturated heterocycles. The summed E-state index contributed by atoms with van der Waals surface area (Å²) < 4.78 is 0. The molecule has 0 bridgehead atoms. The Morgan fingerprint density at radius 1 is 1.06 bits per heavy atom. The first-order valence-electron chi connectivity index (χ1n) is 5.47. The monoisotopic (exact) mass is 250 g/mol. The minimum Gasteiger partial charge on any atom is -0.160 e. The number of benzene rings is 1. The summed E-state index contributed by atoms with van der Waals surface area (Å²) in [7, 11) is -1.98. The summed E-state index contributed by atoms with van der Waals surface area (Å²) in [5, 5.41) is 1.28. The lowest BCUT2D eigenvalue weighted by Gasteiger charge is -2.25. The second-order valence-corrected chi connectivity index (χ2v) is 9.98. The van der Waals surface area contributed by atoms with Crippen LogP contribution in [-0.4, -0.2) is 7.38 Å². The molecule has 0 saturated carbocycles. The fourth-order valence-electron chi connectivity index (χ4n) is 1.96. The number of hydrogen-bond donors (Lipinski definition) is 0. The zero-order valence-electron chi connectivity index (χ0n) is 10.1. The summed E-state index contributed by atoms with van der Waals surface area (Å²) in [5.41, 5.74) is 2.32. The molecule has 16 heavy (non-hydrogen) atoms. The maximum absolute atomic E-state index is 6.87. The number of allylic oxidation sites excluding steroid dienone is 2. The molecule has 0 aliphatic rings. The smallest absolute Gasteiger partial charge is 0.160 e. The first-order chi connectivity index (χ1) is 7.44. The van der Waals surface area contributed by atoms with Crippen molar-refractivity contribution in [2.45, 2.75) is 25.9 Å². The summed E-state index contributed by atoms with van der Waals surface area (Å²) in [4.78, 5) is 0. The zero-order valence-corrected chi connectivity index (χ0v) is 11.8. The number of hydrogen-bond acceptors (Lipinski definition) is 0. The Morgan fingerprint density at radius 2 is 1.50 bits per heavy atom. The molecular weight excluding hydrogens is 232 g/mol. The van der Waals surface area contributed by atoms with Crippen molar-refractivity contribution < 1.29 is 0 Å². The largest absolute Gasteiger partial charge is 0.194 e. The van der Waals surface area contributed by atoms with Crippen LogP contribution in [0, 0.1) is 0 Å². The fraction of sp³-hybridized carbons (Fsp3) is 0.286. The lowest BCUT2D eigenvalue weighted by Crippen LogP contribution is -2.42. The molecule has 0 aliphatic heterocycles. The van der Waals surface area contributed by atoms with Gasteiger partial charge in [0, 0.05) is 0 Å². The van der Waals surface area contributed by atoms with E-state index in [4.69, 9.17) is 11.1 Å². The van der Waals surface area contributed by atoms with Gasteiger partial charge in [0.2, 0.25) is 0 Å². The molecule has 1 aromatic carbocycles. The molecule has 0 fully saturated rings. The Bertz CT molecular complexity index is 365. The van der Waals surface area contributed by atoms with Crippen molar-refractivity contribution in [1.82, 2.24) is 0 Å². The van der Waals surface area contributed by atoms with Crippen LogP contribution in [0.5, 0.6) is 0 Å². The maximum atomic E-state index is 6.87. The molecule has 2 heteroatoms. The molecule has 0 atom stereocenters. The van der Waals surface area contributed by atoms with Crippen LogP contribution in [0.4, 0.5) is 0 Å². The molecule has 0 nitrogen and oxygen atoms in total. The normalized spacial score (nSPS) is 11.2. The van der Waals surface area contributed by atoms with Crippen molar-refractivity contribution in [1.29, 1.82) is 0 Å². The van der Waals surface area contributed by atoms with Gasteiger partial charge in [-0.1, -0.05) is 41.5 Å². The molecular formula is C14H19ClSi. The van der Waals surface area contributed by atoms with Crippen LogP contribution in [-0.2, 0) is 0 Å². The van der Waals surface area contributed by atoms with Gasteiger partial charge in [0.05, 0.1) is 0 Å². The van der Waals surface area contributed by atoms with Gasteiger partial charge in [0.15, 0.2) is 7.38 Å². The number of halogens is 1. The van der Waals surface area contributed by atoms with E-state index in [1.165, 1.54) is 5.19 Å². The van der Waals surface area contributed by atoms with Gasteiger partial charge in [0.25, 0.3) is 0 Å². The van der Waals surface area contributed by atoms with Crippen LogP contribution in [0.15, 0.2) is 54.6 Å². The molecule has 86 valence electrons. The van der Waals surface area contributed by atoms with Gasteiger partial charge in [-0.15, -0.1) is 13.2 Å². The summed E-state index contributed by atoms with van der Waals surface area (Å²) in [6.45, 7) is 12.1. The number of rotatable bonds is 5. The zero-order chi connectivity index (χ0) is 12.2. The van der Waals surface area contributed by atoms with E-state index in [9.17, 15) is 0 Å². The van der Waals surface area contributed by atoms with Crippen LogP contribution in [0.3, 0.4) is 0 Å². The van der Waals surface area contributed by atoms with Crippen molar-refractivity contribution in [2.24, 2.45) is 0 Å². The highest BCUT2D eigenvalue weighted by atomic mass is 35.6. The van der Waals surface area contributed by atoms with Crippen molar-refractivity contribution >= 4 is 23.6 Å². The molecule has 0 unspecified atom stereocenters. The van der Waals surface area contributed by atoms with E-state index in [0.717, 1.165) is 23.2 Å². The van der Waals surface area contributed by atoms with Crippen LogP contribution < -0.4 is 5.19 Å². The van der Waals surface area contributed by atoms with Gasteiger partial charge in [-0.25, -0.2) is 0 Å². The third kappa shape index (κ3) is 3.65.